The molecule has 0 amide bonds. The second kappa shape index (κ2) is 5.64. The lowest BCUT2D eigenvalue weighted by Crippen LogP contribution is -2.35. The van der Waals surface area contributed by atoms with Crippen molar-refractivity contribution in [1.29, 1.82) is 0 Å². The lowest BCUT2D eigenvalue weighted by molar-refractivity contribution is -0.159. The van der Waals surface area contributed by atoms with Crippen molar-refractivity contribution in [3.8, 4) is 0 Å². The summed E-state index contributed by atoms with van der Waals surface area (Å²) in [5, 5.41) is 10.3. The van der Waals surface area contributed by atoms with E-state index >= 15 is 0 Å². The standard InChI is InChI=1S/C14H18O3/c1-4-10-14(2,13(16)17-3)12(15)11-8-6-5-7-9-11/h4-9,12,15H,1,10H2,2-3H3/t12-,14?/m0/s1. The fourth-order valence-corrected chi connectivity index (χ4v) is 1.84. The van der Waals surface area contributed by atoms with Crippen molar-refractivity contribution in [1.82, 2.24) is 0 Å². The van der Waals surface area contributed by atoms with Crippen molar-refractivity contribution in [2.75, 3.05) is 7.11 Å². The number of rotatable bonds is 5. The Morgan fingerprint density at radius 1 is 1.53 bits per heavy atom. The minimum atomic E-state index is -1.00. The van der Waals surface area contributed by atoms with Gasteiger partial charge in [0, 0.05) is 0 Å². The fourth-order valence-electron chi connectivity index (χ4n) is 1.84. The van der Waals surface area contributed by atoms with Gasteiger partial charge in [0.1, 0.15) is 0 Å². The molecule has 0 fully saturated rings. The number of carbonyl (C=O) groups excluding carboxylic acids is 1. The topological polar surface area (TPSA) is 46.5 Å². The van der Waals surface area contributed by atoms with Gasteiger partial charge < -0.3 is 9.84 Å². The molecule has 0 heterocycles. The Morgan fingerprint density at radius 2 is 2.12 bits per heavy atom. The maximum atomic E-state index is 11.8. The fraction of sp³-hybridized carbons (Fsp3) is 0.357. The van der Waals surface area contributed by atoms with E-state index in [0.717, 1.165) is 0 Å². The predicted octanol–water partition coefficient (Wildman–Crippen LogP) is 2.48. The maximum absolute atomic E-state index is 11.8. The van der Waals surface area contributed by atoms with Crippen molar-refractivity contribution >= 4 is 5.97 Å². The smallest absolute Gasteiger partial charge is 0.314 e. The van der Waals surface area contributed by atoms with E-state index in [1.54, 1.807) is 25.1 Å². The third kappa shape index (κ3) is 2.74. The van der Waals surface area contributed by atoms with Crippen LogP contribution in [0.2, 0.25) is 0 Å². The summed E-state index contributed by atoms with van der Waals surface area (Å²) >= 11 is 0. The molecule has 0 saturated carbocycles. The molecule has 3 nitrogen and oxygen atoms in total. The van der Waals surface area contributed by atoms with Crippen LogP contribution in [0.3, 0.4) is 0 Å². The number of methoxy groups -OCH3 is 1. The number of esters is 1. The van der Waals surface area contributed by atoms with Crippen molar-refractivity contribution in [2.45, 2.75) is 19.4 Å². The molecule has 1 aromatic rings. The molecule has 92 valence electrons. The van der Waals surface area contributed by atoms with Gasteiger partial charge in [-0.05, 0) is 18.9 Å². The summed E-state index contributed by atoms with van der Waals surface area (Å²) < 4.78 is 4.76. The van der Waals surface area contributed by atoms with Crippen LogP contribution in [0.4, 0.5) is 0 Å². The highest BCUT2D eigenvalue weighted by molar-refractivity contribution is 5.77. The van der Waals surface area contributed by atoms with Crippen LogP contribution in [0.25, 0.3) is 0 Å². The number of aliphatic hydroxyl groups is 1. The number of benzene rings is 1. The van der Waals surface area contributed by atoms with Crippen LogP contribution in [0, 0.1) is 5.41 Å². The number of allylic oxidation sites excluding steroid dienone is 1. The maximum Gasteiger partial charge on any atom is 0.314 e. The van der Waals surface area contributed by atoms with Gasteiger partial charge in [0.15, 0.2) is 0 Å². The molecular formula is C14H18O3. The molecule has 0 aliphatic heterocycles. The number of hydrogen-bond donors (Lipinski definition) is 1. The summed E-state index contributed by atoms with van der Waals surface area (Å²) in [6.45, 7) is 5.30. The van der Waals surface area contributed by atoms with E-state index in [4.69, 9.17) is 4.74 Å². The normalized spacial score (nSPS) is 15.7. The van der Waals surface area contributed by atoms with Gasteiger partial charge in [-0.25, -0.2) is 0 Å². The summed E-state index contributed by atoms with van der Waals surface area (Å²) in [5.41, 5.74) is -0.306. The third-order valence-electron chi connectivity index (χ3n) is 2.94. The number of aliphatic hydroxyl groups excluding tert-OH is 1. The van der Waals surface area contributed by atoms with Crippen molar-refractivity contribution < 1.29 is 14.6 Å². The van der Waals surface area contributed by atoms with Gasteiger partial charge in [0.05, 0.1) is 18.6 Å². The zero-order valence-corrected chi connectivity index (χ0v) is 10.2. The summed E-state index contributed by atoms with van der Waals surface area (Å²) in [5.74, 6) is -0.436. The highest BCUT2D eigenvalue weighted by Crippen LogP contribution is 2.38. The largest absolute Gasteiger partial charge is 0.469 e. The molecule has 1 unspecified atom stereocenters. The SMILES string of the molecule is C=CCC(C)(C(=O)OC)[C@@H](O)c1ccccc1. The molecular weight excluding hydrogens is 216 g/mol. The van der Waals surface area contributed by atoms with E-state index in [2.05, 4.69) is 6.58 Å². The van der Waals surface area contributed by atoms with Crippen LogP contribution >= 0.6 is 0 Å². The molecule has 1 aromatic carbocycles. The van der Waals surface area contributed by atoms with Crippen molar-refractivity contribution in [2.24, 2.45) is 5.41 Å². The molecule has 1 N–H and O–H groups in total. The molecule has 0 aliphatic rings. The molecule has 0 saturated heterocycles. The molecule has 0 spiro atoms. The van der Waals surface area contributed by atoms with E-state index in [1.807, 2.05) is 18.2 Å². The Hall–Kier alpha value is -1.61. The van der Waals surface area contributed by atoms with Gasteiger partial charge in [-0.1, -0.05) is 36.4 Å². The van der Waals surface area contributed by atoms with Gasteiger partial charge >= 0.3 is 5.97 Å². The van der Waals surface area contributed by atoms with E-state index in [0.29, 0.717) is 12.0 Å². The summed E-state index contributed by atoms with van der Waals surface area (Å²) in [6, 6.07) is 9.08. The van der Waals surface area contributed by atoms with E-state index in [9.17, 15) is 9.90 Å². The first-order valence-electron chi connectivity index (χ1n) is 5.48. The molecule has 3 heteroatoms. The van der Waals surface area contributed by atoms with Gasteiger partial charge in [0.2, 0.25) is 0 Å². The van der Waals surface area contributed by atoms with E-state index in [-0.39, 0.29) is 0 Å². The molecule has 17 heavy (non-hydrogen) atoms. The van der Waals surface area contributed by atoms with E-state index < -0.39 is 17.5 Å². The Morgan fingerprint density at radius 3 is 2.59 bits per heavy atom. The van der Waals surface area contributed by atoms with Gasteiger partial charge in [-0.2, -0.15) is 0 Å². The van der Waals surface area contributed by atoms with Crippen LogP contribution in [-0.2, 0) is 9.53 Å². The van der Waals surface area contributed by atoms with Crippen molar-refractivity contribution in [3.63, 3.8) is 0 Å². The third-order valence-corrected chi connectivity index (χ3v) is 2.94. The molecule has 0 aliphatic carbocycles. The Balaban J connectivity index is 3.07. The Bertz CT molecular complexity index is 386. The molecule has 2 atom stereocenters. The summed E-state index contributed by atoms with van der Waals surface area (Å²) in [7, 11) is 1.32. The average Bonchev–Trinajstić information content (AvgIpc) is 2.38. The first-order chi connectivity index (χ1) is 8.06. The first-order valence-corrected chi connectivity index (χ1v) is 5.48. The predicted molar refractivity (Wildman–Crippen MR) is 66.3 cm³/mol. The zero-order valence-electron chi connectivity index (χ0n) is 10.2. The molecule has 1 rings (SSSR count). The summed E-state index contributed by atoms with van der Waals surface area (Å²) in [6.07, 6.45) is 1.06. The van der Waals surface area contributed by atoms with Crippen molar-refractivity contribution in [3.05, 3.63) is 48.6 Å². The minimum absolute atomic E-state index is 0.357. The molecule has 0 radical (unpaired) electrons. The van der Waals surface area contributed by atoms with Crippen LogP contribution in [0.15, 0.2) is 43.0 Å². The highest BCUT2D eigenvalue weighted by Gasteiger charge is 2.41. The molecule has 0 bridgehead atoms. The summed E-state index contributed by atoms with van der Waals surface area (Å²) in [4.78, 5) is 11.8. The monoisotopic (exact) mass is 234 g/mol. The number of hydrogen-bond acceptors (Lipinski definition) is 3. The Kier molecular flexibility index (Phi) is 4.46. The number of carbonyl (C=O) groups is 1. The van der Waals surface area contributed by atoms with Crippen LogP contribution in [0.1, 0.15) is 25.0 Å². The van der Waals surface area contributed by atoms with Crippen LogP contribution in [-0.4, -0.2) is 18.2 Å². The van der Waals surface area contributed by atoms with Gasteiger partial charge in [0.25, 0.3) is 0 Å². The molecule has 0 aromatic heterocycles. The lowest BCUT2D eigenvalue weighted by Gasteiger charge is -2.31. The Labute approximate surface area is 102 Å². The quantitative estimate of drug-likeness (QED) is 0.629. The lowest BCUT2D eigenvalue weighted by atomic mass is 9.78. The van der Waals surface area contributed by atoms with Gasteiger partial charge in [-0.15, -0.1) is 6.58 Å². The van der Waals surface area contributed by atoms with Crippen LogP contribution < -0.4 is 0 Å². The van der Waals surface area contributed by atoms with Gasteiger partial charge in [-0.3, -0.25) is 4.79 Å². The highest BCUT2D eigenvalue weighted by atomic mass is 16.5. The number of ether oxygens (including phenoxy) is 1. The zero-order chi connectivity index (χ0) is 12.9. The average molecular weight is 234 g/mol. The second-order valence-electron chi connectivity index (χ2n) is 4.22. The minimum Gasteiger partial charge on any atom is -0.469 e. The second-order valence-corrected chi connectivity index (χ2v) is 4.22. The first kappa shape index (κ1) is 13.5. The van der Waals surface area contributed by atoms with Crippen LogP contribution in [0.5, 0.6) is 0 Å². The van der Waals surface area contributed by atoms with E-state index in [1.165, 1.54) is 7.11 Å².